The van der Waals surface area contributed by atoms with Crippen molar-refractivity contribution in [2.24, 2.45) is 0 Å². The zero-order valence-electron chi connectivity index (χ0n) is 36.3. The van der Waals surface area contributed by atoms with E-state index in [1.165, 1.54) is 21.8 Å². The molecule has 0 radical (unpaired) electrons. The van der Waals surface area contributed by atoms with Crippen LogP contribution in [-0.2, 0) is 0 Å². The predicted molar refractivity (Wildman–Crippen MR) is 273 cm³/mol. The first kappa shape index (κ1) is 39.5. The van der Waals surface area contributed by atoms with E-state index in [2.05, 4.69) is 180 Å². The van der Waals surface area contributed by atoms with Gasteiger partial charge in [-0.1, -0.05) is 188 Å². The summed E-state index contributed by atoms with van der Waals surface area (Å²) in [7, 11) is 0. The van der Waals surface area contributed by atoms with Gasteiger partial charge in [0.05, 0.1) is 22.4 Å². The van der Waals surface area contributed by atoms with Crippen molar-refractivity contribution < 1.29 is 0 Å². The van der Waals surface area contributed by atoms with Crippen molar-refractivity contribution in [3.63, 3.8) is 0 Å². The molecule has 3 heterocycles. The standard InChI is InChI=1S/C61H40N6/c1-5-18-41(19-6-1)54-40-55(63-58(62-54)42-20-7-2-8-21-42)48-27-15-24-44(36-48)45-25-16-28-49(37-45)60-64-59(43-22-9-3-10-23-43)65-61(66-60)50-29-17-26-46(38-50)47-34-35-57-53(39-47)52-32-13-14-33-56(52)67(57)51-30-11-4-12-31-51/h1-40H. The van der Waals surface area contributed by atoms with Gasteiger partial charge in [-0.05, 0) is 76.9 Å². The quantitative estimate of drug-likeness (QED) is 0.145. The van der Waals surface area contributed by atoms with Crippen LogP contribution in [0, 0.1) is 0 Å². The third-order valence-electron chi connectivity index (χ3n) is 12.2. The number of hydrogen-bond acceptors (Lipinski definition) is 5. The Bertz CT molecular complexity index is 3680. The van der Waals surface area contributed by atoms with Crippen LogP contribution in [0.15, 0.2) is 243 Å². The van der Waals surface area contributed by atoms with Crippen molar-refractivity contribution in [2.75, 3.05) is 0 Å². The third kappa shape index (κ3) is 7.73. The Morgan fingerprint density at radius 1 is 0.224 bits per heavy atom. The van der Waals surface area contributed by atoms with E-state index in [0.717, 1.165) is 72.7 Å². The summed E-state index contributed by atoms with van der Waals surface area (Å²) >= 11 is 0. The molecule has 0 bridgehead atoms. The van der Waals surface area contributed by atoms with Crippen molar-refractivity contribution in [1.29, 1.82) is 0 Å². The Balaban J connectivity index is 0.926. The summed E-state index contributed by atoms with van der Waals surface area (Å²) in [6.07, 6.45) is 0. The Morgan fingerprint density at radius 2 is 0.612 bits per heavy atom. The Labute approximate surface area is 388 Å². The molecule has 0 N–H and O–H groups in total. The van der Waals surface area contributed by atoms with Gasteiger partial charge >= 0.3 is 0 Å². The lowest BCUT2D eigenvalue weighted by Gasteiger charge is -2.12. The van der Waals surface area contributed by atoms with Crippen molar-refractivity contribution in [2.45, 2.75) is 0 Å². The maximum absolute atomic E-state index is 5.20. The highest BCUT2D eigenvalue weighted by atomic mass is 15.0. The average molecular weight is 857 g/mol. The molecule has 12 aromatic rings. The molecule has 0 saturated heterocycles. The van der Waals surface area contributed by atoms with Crippen LogP contribution in [-0.4, -0.2) is 29.5 Å². The number of benzene rings is 9. The smallest absolute Gasteiger partial charge is 0.164 e. The molecule has 6 heteroatoms. The maximum atomic E-state index is 5.20. The summed E-state index contributed by atoms with van der Waals surface area (Å²) in [4.78, 5) is 25.5. The van der Waals surface area contributed by atoms with Gasteiger partial charge in [-0.15, -0.1) is 0 Å². The first-order chi connectivity index (χ1) is 33.2. The Kier molecular flexibility index (Phi) is 10.1. The zero-order chi connectivity index (χ0) is 44.5. The molecule has 6 nitrogen and oxygen atoms in total. The number of hydrogen-bond donors (Lipinski definition) is 0. The van der Waals surface area contributed by atoms with E-state index in [4.69, 9.17) is 24.9 Å². The molecular weight excluding hydrogens is 817 g/mol. The van der Waals surface area contributed by atoms with Crippen molar-refractivity contribution in [3.8, 4) is 96.0 Å². The van der Waals surface area contributed by atoms with E-state index in [1.54, 1.807) is 0 Å². The van der Waals surface area contributed by atoms with Crippen LogP contribution in [0.1, 0.15) is 0 Å². The molecule has 3 aromatic heterocycles. The van der Waals surface area contributed by atoms with E-state index in [1.807, 2.05) is 66.7 Å². The molecule has 9 aromatic carbocycles. The van der Waals surface area contributed by atoms with Crippen LogP contribution >= 0.6 is 0 Å². The maximum Gasteiger partial charge on any atom is 0.164 e. The van der Waals surface area contributed by atoms with Crippen LogP contribution in [0.4, 0.5) is 0 Å². The molecule has 314 valence electrons. The van der Waals surface area contributed by atoms with Crippen molar-refractivity contribution >= 4 is 21.8 Å². The Morgan fingerprint density at radius 3 is 1.19 bits per heavy atom. The normalized spacial score (nSPS) is 11.3. The Hall–Kier alpha value is -9.13. The lowest BCUT2D eigenvalue weighted by Crippen LogP contribution is -2.00. The lowest BCUT2D eigenvalue weighted by atomic mass is 9.99. The SMILES string of the molecule is c1ccc(-c2cc(-c3cccc(-c4cccc(-c5nc(-c6ccccc6)nc(-c6cccc(-c7ccc8c(c7)c7ccccc7n8-c7ccccc7)c6)n5)c4)c3)nc(-c3ccccc3)n2)cc1. The molecule has 0 saturated carbocycles. The number of rotatable bonds is 9. The first-order valence-electron chi connectivity index (χ1n) is 22.4. The fourth-order valence-corrected chi connectivity index (χ4v) is 8.96. The molecule has 67 heavy (non-hydrogen) atoms. The van der Waals surface area contributed by atoms with Gasteiger partial charge in [0.15, 0.2) is 23.3 Å². The fraction of sp³-hybridized carbons (Fsp3) is 0. The molecule has 0 fully saturated rings. The molecule has 0 atom stereocenters. The summed E-state index contributed by atoms with van der Waals surface area (Å²) in [5, 5.41) is 2.42. The van der Waals surface area contributed by atoms with Crippen LogP contribution in [0.3, 0.4) is 0 Å². The van der Waals surface area contributed by atoms with Crippen molar-refractivity contribution in [1.82, 2.24) is 29.5 Å². The van der Waals surface area contributed by atoms with Crippen molar-refractivity contribution in [3.05, 3.63) is 243 Å². The molecule has 0 aliphatic carbocycles. The zero-order valence-corrected chi connectivity index (χ0v) is 36.3. The molecule has 0 aliphatic heterocycles. The number of aromatic nitrogens is 6. The summed E-state index contributed by atoms with van der Waals surface area (Å²) < 4.78 is 2.34. The van der Waals surface area contributed by atoms with E-state index >= 15 is 0 Å². The second-order valence-electron chi connectivity index (χ2n) is 16.5. The molecular formula is C61H40N6. The van der Waals surface area contributed by atoms with Gasteiger partial charge in [-0.2, -0.15) is 0 Å². The van der Waals surface area contributed by atoms with E-state index in [9.17, 15) is 0 Å². The summed E-state index contributed by atoms with van der Waals surface area (Å²) in [5.41, 5.74) is 15.2. The van der Waals surface area contributed by atoms with Gasteiger partial charge in [0, 0.05) is 49.8 Å². The van der Waals surface area contributed by atoms with Crippen LogP contribution in [0.2, 0.25) is 0 Å². The topological polar surface area (TPSA) is 69.4 Å². The molecule has 0 amide bonds. The predicted octanol–water partition coefficient (Wildman–Crippen LogP) is 15.1. The highest BCUT2D eigenvalue weighted by Crippen LogP contribution is 2.37. The average Bonchev–Trinajstić information content (AvgIpc) is 3.75. The van der Waals surface area contributed by atoms with Gasteiger partial charge in [0.1, 0.15) is 0 Å². The molecule has 0 spiro atoms. The van der Waals surface area contributed by atoms with E-state index < -0.39 is 0 Å². The molecule has 0 unspecified atom stereocenters. The van der Waals surface area contributed by atoms with E-state index in [-0.39, 0.29) is 0 Å². The third-order valence-corrected chi connectivity index (χ3v) is 12.2. The minimum absolute atomic E-state index is 0.596. The van der Waals surface area contributed by atoms with Gasteiger partial charge in [-0.25, -0.2) is 24.9 Å². The van der Waals surface area contributed by atoms with Gasteiger partial charge in [0.2, 0.25) is 0 Å². The molecule has 0 aliphatic rings. The molecule has 12 rings (SSSR count). The second-order valence-corrected chi connectivity index (χ2v) is 16.5. The van der Waals surface area contributed by atoms with Gasteiger partial charge in [0.25, 0.3) is 0 Å². The van der Waals surface area contributed by atoms with Gasteiger partial charge in [-0.3, -0.25) is 0 Å². The summed E-state index contributed by atoms with van der Waals surface area (Å²) in [6.45, 7) is 0. The largest absolute Gasteiger partial charge is 0.309 e. The van der Waals surface area contributed by atoms with Crippen LogP contribution < -0.4 is 0 Å². The van der Waals surface area contributed by atoms with E-state index in [0.29, 0.717) is 23.3 Å². The number of fused-ring (bicyclic) bond motifs is 3. The second kappa shape index (κ2) is 17.1. The van der Waals surface area contributed by atoms with Crippen LogP contribution in [0.25, 0.3) is 118 Å². The lowest BCUT2D eigenvalue weighted by molar-refractivity contribution is 1.07. The number of para-hydroxylation sites is 2. The summed E-state index contributed by atoms with van der Waals surface area (Å²) in [5.74, 6) is 2.49. The van der Waals surface area contributed by atoms with Crippen LogP contribution in [0.5, 0.6) is 0 Å². The minimum Gasteiger partial charge on any atom is -0.309 e. The van der Waals surface area contributed by atoms with Gasteiger partial charge < -0.3 is 4.57 Å². The highest BCUT2D eigenvalue weighted by Gasteiger charge is 2.17. The summed E-state index contributed by atoms with van der Waals surface area (Å²) in [6, 6.07) is 84.0. The monoisotopic (exact) mass is 856 g/mol. The fourth-order valence-electron chi connectivity index (χ4n) is 8.96. The first-order valence-corrected chi connectivity index (χ1v) is 22.4. The highest BCUT2D eigenvalue weighted by molar-refractivity contribution is 6.10. The minimum atomic E-state index is 0.596. The number of nitrogens with zero attached hydrogens (tertiary/aromatic N) is 6.